The summed E-state index contributed by atoms with van der Waals surface area (Å²) in [6, 6.07) is 0. The Hall–Kier alpha value is 0.137. The molecule has 2 nitrogen and oxygen atoms in total. The van der Waals surface area contributed by atoms with Gasteiger partial charge in [-0.05, 0) is 19.4 Å². The molecule has 0 rings (SSSR count). The largest absolute Gasteiger partial charge is 0.425 e. The van der Waals surface area contributed by atoms with E-state index in [-0.39, 0.29) is 0 Å². The van der Waals surface area contributed by atoms with Crippen molar-refractivity contribution in [3.05, 3.63) is 0 Å². The molecule has 1 atom stereocenters. The Labute approximate surface area is 73.0 Å². The molecule has 0 aliphatic heterocycles. The second kappa shape index (κ2) is 8.24. The maximum Gasteiger partial charge on any atom is 0.146 e. The average molecular weight is 175 g/mol. The van der Waals surface area contributed by atoms with Crippen LogP contribution < -0.4 is 5.73 Å². The molecule has 1 unspecified atom stereocenters. The van der Waals surface area contributed by atoms with Crippen molar-refractivity contribution < 1.29 is 4.43 Å². The number of rotatable bonds is 7. The van der Waals surface area contributed by atoms with Crippen molar-refractivity contribution in [3.63, 3.8) is 0 Å². The van der Waals surface area contributed by atoms with Gasteiger partial charge in [0.1, 0.15) is 10.5 Å². The molecule has 0 bridgehead atoms. The zero-order valence-corrected chi connectivity index (χ0v) is 9.81. The van der Waals surface area contributed by atoms with E-state index in [0.29, 0.717) is 6.10 Å². The minimum atomic E-state index is 0.457. The van der Waals surface area contributed by atoms with Crippen LogP contribution in [0.4, 0.5) is 0 Å². The first-order valence-corrected chi connectivity index (χ1v) is 5.39. The molecule has 0 aromatic carbocycles. The van der Waals surface area contributed by atoms with Gasteiger partial charge in [-0.2, -0.15) is 0 Å². The highest BCUT2D eigenvalue weighted by atomic mass is 28.2. The molecule has 0 saturated heterocycles. The average Bonchev–Trinajstić information content (AvgIpc) is 2.03. The Morgan fingerprint density at radius 3 is 2.55 bits per heavy atom. The molecular formula is C8H21NOSi. The summed E-state index contributed by atoms with van der Waals surface area (Å²) >= 11 is 0. The molecule has 11 heavy (non-hydrogen) atoms. The predicted molar refractivity (Wildman–Crippen MR) is 52.6 cm³/mol. The van der Waals surface area contributed by atoms with Crippen LogP contribution >= 0.6 is 0 Å². The lowest BCUT2D eigenvalue weighted by atomic mass is 10.1. The van der Waals surface area contributed by atoms with E-state index in [9.17, 15) is 0 Å². The summed E-state index contributed by atoms with van der Waals surface area (Å²) in [5.74, 6) is 0. The maximum atomic E-state index is 5.44. The lowest BCUT2D eigenvalue weighted by Gasteiger charge is -2.13. The minimum absolute atomic E-state index is 0.457. The molecule has 0 saturated carbocycles. The molecule has 0 spiro atoms. The molecule has 3 heteroatoms. The third kappa shape index (κ3) is 6.53. The summed E-state index contributed by atoms with van der Waals surface area (Å²) in [6.45, 7) is 2.98. The van der Waals surface area contributed by atoms with Crippen LogP contribution in [0, 0.1) is 0 Å². The molecule has 2 N–H and O–H groups in total. The van der Waals surface area contributed by atoms with Crippen molar-refractivity contribution in [1.82, 2.24) is 0 Å². The fourth-order valence-electron chi connectivity index (χ4n) is 1.19. The van der Waals surface area contributed by atoms with Crippen LogP contribution in [0.1, 0.15) is 39.0 Å². The molecule has 0 fully saturated rings. The van der Waals surface area contributed by atoms with Crippen LogP contribution in [-0.4, -0.2) is 23.1 Å². The van der Waals surface area contributed by atoms with E-state index < -0.39 is 0 Å². The van der Waals surface area contributed by atoms with Gasteiger partial charge in [0, 0.05) is 6.10 Å². The first-order chi connectivity index (χ1) is 5.35. The second-order valence-corrected chi connectivity index (χ2v) is 3.40. The number of hydrogen-bond donors (Lipinski definition) is 1. The minimum Gasteiger partial charge on any atom is -0.425 e. The van der Waals surface area contributed by atoms with Gasteiger partial charge in [-0.3, -0.25) is 0 Å². The molecule has 0 amide bonds. The van der Waals surface area contributed by atoms with Gasteiger partial charge in [0.25, 0.3) is 0 Å². The van der Waals surface area contributed by atoms with E-state index in [4.69, 9.17) is 10.2 Å². The molecule has 0 heterocycles. The summed E-state index contributed by atoms with van der Waals surface area (Å²) < 4.78 is 5.40. The highest BCUT2D eigenvalue weighted by molar-refractivity contribution is 5.98. The Balaban J connectivity index is 3.20. The van der Waals surface area contributed by atoms with Crippen LogP contribution in [0.3, 0.4) is 0 Å². The van der Waals surface area contributed by atoms with Crippen LogP contribution in [0.15, 0.2) is 0 Å². The SMILES string of the molecule is CCCCCC(CCN)O[SiH3]. The monoisotopic (exact) mass is 175 g/mol. The van der Waals surface area contributed by atoms with Gasteiger partial charge >= 0.3 is 0 Å². The third-order valence-corrected chi connectivity index (χ3v) is 2.62. The van der Waals surface area contributed by atoms with Crippen molar-refractivity contribution in [1.29, 1.82) is 0 Å². The van der Waals surface area contributed by atoms with E-state index in [1.807, 2.05) is 0 Å². The first kappa shape index (κ1) is 11.1. The summed E-state index contributed by atoms with van der Waals surface area (Å²) in [6.07, 6.45) is 6.60. The van der Waals surface area contributed by atoms with Crippen LogP contribution in [0.5, 0.6) is 0 Å². The standard InChI is InChI=1S/C8H21NOSi/c1-2-3-4-5-8(10-11)6-7-9/h8H,2-7,9H2,1,11H3. The summed E-state index contributed by atoms with van der Waals surface area (Å²) in [7, 11) is 0.849. The van der Waals surface area contributed by atoms with Crippen molar-refractivity contribution in [2.45, 2.75) is 45.1 Å². The van der Waals surface area contributed by atoms with Gasteiger partial charge in [0.05, 0.1) is 0 Å². The van der Waals surface area contributed by atoms with E-state index in [1.54, 1.807) is 0 Å². The van der Waals surface area contributed by atoms with Crippen molar-refractivity contribution in [3.8, 4) is 0 Å². The van der Waals surface area contributed by atoms with E-state index in [2.05, 4.69) is 6.92 Å². The van der Waals surface area contributed by atoms with E-state index in [1.165, 1.54) is 25.7 Å². The molecular weight excluding hydrogens is 154 g/mol. The van der Waals surface area contributed by atoms with Gasteiger partial charge < -0.3 is 10.2 Å². The van der Waals surface area contributed by atoms with E-state index in [0.717, 1.165) is 23.5 Å². The molecule has 0 aliphatic rings. The topological polar surface area (TPSA) is 35.2 Å². The fourth-order valence-corrected chi connectivity index (χ4v) is 1.66. The molecule has 68 valence electrons. The molecule has 0 aliphatic carbocycles. The second-order valence-electron chi connectivity index (χ2n) is 2.93. The van der Waals surface area contributed by atoms with Crippen LogP contribution in [0.25, 0.3) is 0 Å². The first-order valence-electron chi connectivity index (χ1n) is 4.58. The Bertz CT molecular complexity index is 80.5. The van der Waals surface area contributed by atoms with Crippen LogP contribution in [0.2, 0.25) is 0 Å². The van der Waals surface area contributed by atoms with Gasteiger partial charge in [-0.25, -0.2) is 0 Å². The number of hydrogen-bond acceptors (Lipinski definition) is 2. The van der Waals surface area contributed by atoms with Gasteiger partial charge in [0.15, 0.2) is 0 Å². The predicted octanol–water partition coefficient (Wildman–Crippen LogP) is 0.581. The van der Waals surface area contributed by atoms with Crippen molar-refractivity contribution in [2.75, 3.05) is 6.54 Å². The highest BCUT2D eigenvalue weighted by Crippen LogP contribution is 2.07. The smallest absolute Gasteiger partial charge is 0.146 e. The van der Waals surface area contributed by atoms with Gasteiger partial charge in [-0.15, -0.1) is 0 Å². The normalized spacial score (nSPS) is 13.6. The zero-order chi connectivity index (χ0) is 8.53. The molecule has 0 aromatic rings. The number of unbranched alkanes of at least 4 members (excludes halogenated alkanes) is 2. The Morgan fingerprint density at radius 2 is 2.09 bits per heavy atom. The highest BCUT2D eigenvalue weighted by Gasteiger charge is 2.03. The Kier molecular flexibility index (Phi) is 8.34. The molecule has 0 radical (unpaired) electrons. The Morgan fingerprint density at radius 1 is 1.36 bits per heavy atom. The molecule has 0 aromatic heterocycles. The summed E-state index contributed by atoms with van der Waals surface area (Å²) in [5, 5.41) is 0. The third-order valence-electron chi connectivity index (χ3n) is 1.95. The summed E-state index contributed by atoms with van der Waals surface area (Å²) in [4.78, 5) is 0. The van der Waals surface area contributed by atoms with Crippen molar-refractivity contribution >= 4 is 10.5 Å². The van der Waals surface area contributed by atoms with Gasteiger partial charge in [0.2, 0.25) is 0 Å². The lowest BCUT2D eigenvalue weighted by molar-refractivity contribution is 0.197. The van der Waals surface area contributed by atoms with E-state index >= 15 is 0 Å². The quantitative estimate of drug-likeness (QED) is 0.454. The zero-order valence-electron chi connectivity index (χ0n) is 7.81. The summed E-state index contributed by atoms with van der Waals surface area (Å²) in [5.41, 5.74) is 5.44. The van der Waals surface area contributed by atoms with Crippen molar-refractivity contribution in [2.24, 2.45) is 5.73 Å². The van der Waals surface area contributed by atoms with Gasteiger partial charge in [-0.1, -0.05) is 26.2 Å². The maximum absolute atomic E-state index is 5.44. The van der Waals surface area contributed by atoms with Crippen LogP contribution in [-0.2, 0) is 4.43 Å². The number of nitrogens with two attached hydrogens (primary N) is 1. The lowest BCUT2D eigenvalue weighted by Crippen LogP contribution is -2.16. The fraction of sp³-hybridized carbons (Fsp3) is 1.00.